The molecule has 0 aliphatic heterocycles. The minimum absolute atomic E-state index is 0.0208. The van der Waals surface area contributed by atoms with Gasteiger partial charge in [-0.15, -0.1) is 0 Å². The van der Waals surface area contributed by atoms with Crippen LogP contribution >= 0.6 is 0 Å². The molecule has 0 aliphatic rings. The maximum atomic E-state index is 10.0. The fourth-order valence-electron chi connectivity index (χ4n) is 0.785. The summed E-state index contributed by atoms with van der Waals surface area (Å²) in [5.41, 5.74) is 5.16. The fourth-order valence-corrected chi connectivity index (χ4v) is 0.785. The average molecular weight is 203 g/mol. The largest absolute Gasteiger partial charge is 0.480 e. The number of carbonyl (C=O) groups is 1. The summed E-state index contributed by atoms with van der Waals surface area (Å²) in [6.45, 7) is 8.02. The minimum atomic E-state index is -0.931. The van der Waals surface area contributed by atoms with E-state index in [0.717, 1.165) is 0 Å². The molecular formula is C11H25NO2. The van der Waals surface area contributed by atoms with Crippen LogP contribution in [0.3, 0.4) is 0 Å². The third-order valence-electron chi connectivity index (χ3n) is 1.96. The van der Waals surface area contributed by atoms with Gasteiger partial charge in [0.05, 0.1) is 0 Å². The first-order valence-electron chi connectivity index (χ1n) is 5.45. The molecule has 0 bridgehead atoms. The van der Waals surface area contributed by atoms with E-state index in [0.29, 0.717) is 0 Å². The van der Waals surface area contributed by atoms with Gasteiger partial charge in [0.25, 0.3) is 0 Å². The zero-order chi connectivity index (χ0) is 11.6. The van der Waals surface area contributed by atoms with Crippen LogP contribution < -0.4 is 5.73 Å². The van der Waals surface area contributed by atoms with Crippen LogP contribution in [0.2, 0.25) is 0 Å². The summed E-state index contributed by atoms with van der Waals surface area (Å²) in [6, 6.07) is -0.713. The molecule has 0 amide bonds. The summed E-state index contributed by atoms with van der Waals surface area (Å²) < 4.78 is 0. The molecule has 0 aromatic carbocycles. The molecule has 86 valence electrons. The molecule has 0 radical (unpaired) electrons. The molecule has 3 nitrogen and oxygen atoms in total. The Hall–Kier alpha value is -0.570. The number of carboxylic acids is 1. The highest BCUT2D eigenvalue weighted by molar-refractivity contribution is 5.73. The standard InChI is InChI=1S/C6H14.C5H11NO2/c1-3-5-6-4-2;1-3(2)4(6)5(7)8/h3-6H2,1-2H3;3-4H,6H2,1-2H3,(H,7,8)/t;4-/m.0/s1. The minimum Gasteiger partial charge on any atom is -0.480 e. The summed E-state index contributed by atoms with van der Waals surface area (Å²) in [5, 5.41) is 8.23. The van der Waals surface area contributed by atoms with Gasteiger partial charge in [-0.3, -0.25) is 4.79 Å². The Bertz CT molecular complexity index is 131. The van der Waals surface area contributed by atoms with Gasteiger partial charge in [-0.25, -0.2) is 0 Å². The second-order valence-electron chi connectivity index (χ2n) is 3.82. The van der Waals surface area contributed by atoms with Crippen molar-refractivity contribution < 1.29 is 9.90 Å². The van der Waals surface area contributed by atoms with Crippen molar-refractivity contribution in [2.24, 2.45) is 11.7 Å². The molecule has 3 heteroatoms. The van der Waals surface area contributed by atoms with Crippen LogP contribution in [0.1, 0.15) is 53.4 Å². The number of nitrogens with two attached hydrogens (primary N) is 1. The number of unbranched alkanes of at least 4 members (excludes halogenated alkanes) is 3. The van der Waals surface area contributed by atoms with Crippen LogP contribution in [0.4, 0.5) is 0 Å². The first-order valence-corrected chi connectivity index (χ1v) is 5.45. The molecule has 14 heavy (non-hydrogen) atoms. The molecule has 0 fully saturated rings. The molecule has 0 unspecified atom stereocenters. The number of hydrogen-bond acceptors (Lipinski definition) is 2. The monoisotopic (exact) mass is 203 g/mol. The van der Waals surface area contributed by atoms with Gasteiger partial charge in [0.15, 0.2) is 0 Å². The summed E-state index contributed by atoms with van der Waals surface area (Å²) in [7, 11) is 0. The van der Waals surface area contributed by atoms with Gasteiger partial charge < -0.3 is 10.8 Å². The molecule has 0 spiro atoms. The Kier molecular flexibility index (Phi) is 11.9. The van der Waals surface area contributed by atoms with Crippen LogP contribution in [-0.2, 0) is 4.79 Å². The Morgan fingerprint density at radius 3 is 1.64 bits per heavy atom. The van der Waals surface area contributed by atoms with Crippen molar-refractivity contribution in [1.82, 2.24) is 0 Å². The molecule has 0 aromatic rings. The third kappa shape index (κ3) is 11.4. The maximum absolute atomic E-state index is 10.0. The van der Waals surface area contributed by atoms with Gasteiger partial charge >= 0.3 is 5.97 Å². The van der Waals surface area contributed by atoms with Crippen molar-refractivity contribution in [3.8, 4) is 0 Å². The van der Waals surface area contributed by atoms with Gasteiger partial charge in [0.2, 0.25) is 0 Å². The van der Waals surface area contributed by atoms with Crippen LogP contribution in [-0.4, -0.2) is 17.1 Å². The number of hydrogen-bond donors (Lipinski definition) is 2. The average Bonchev–Trinajstić information content (AvgIpc) is 2.14. The van der Waals surface area contributed by atoms with Crippen molar-refractivity contribution in [2.45, 2.75) is 59.4 Å². The van der Waals surface area contributed by atoms with E-state index >= 15 is 0 Å². The summed E-state index contributed by atoms with van der Waals surface area (Å²) in [4.78, 5) is 10.0. The molecule has 3 N–H and O–H groups in total. The van der Waals surface area contributed by atoms with Gasteiger partial charge in [0, 0.05) is 0 Å². The molecule has 0 saturated heterocycles. The lowest BCUT2D eigenvalue weighted by atomic mass is 10.1. The predicted molar refractivity (Wildman–Crippen MR) is 60.3 cm³/mol. The van der Waals surface area contributed by atoms with Crippen molar-refractivity contribution >= 4 is 5.97 Å². The van der Waals surface area contributed by atoms with E-state index in [1.54, 1.807) is 13.8 Å². The zero-order valence-electron chi connectivity index (χ0n) is 9.92. The van der Waals surface area contributed by atoms with Crippen molar-refractivity contribution in [3.63, 3.8) is 0 Å². The Balaban J connectivity index is 0. The lowest BCUT2D eigenvalue weighted by Crippen LogP contribution is -2.34. The van der Waals surface area contributed by atoms with Gasteiger partial charge in [-0.2, -0.15) is 0 Å². The third-order valence-corrected chi connectivity index (χ3v) is 1.96. The number of rotatable bonds is 5. The normalized spacial score (nSPS) is 11.9. The zero-order valence-corrected chi connectivity index (χ0v) is 9.92. The second kappa shape index (κ2) is 10.5. The number of aliphatic carboxylic acids is 1. The van der Waals surface area contributed by atoms with Crippen molar-refractivity contribution in [1.29, 1.82) is 0 Å². The van der Waals surface area contributed by atoms with E-state index in [-0.39, 0.29) is 5.92 Å². The lowest BCUT2D eigenvalue weighted by molar-refractivity contribution is -0.139. The highest BCUT2D eigenvalue weighted by atomic mass is 16.4. The van der Waals surface area contributed by atoms with Crippen LogP contribution in [0.5, 0.6) is 0 Å². The SMILES string of the molecule is CC(C)[C@H](N)C(=O)O.CCCCCC. The molecule has 0 aromatic heterocycles. The van der Waals surface area contributed by atoms with Crippen LogP contribution in [0, 0.1) is 5.92 Å². The van der Waals surface area contributed by atoms with Crippen LogP contribution in [0.15, 0.2) is 0 Å². The predicted octanol–water partition coefficient (Wildman–Crippen LogP) is 2.64. The molecule has 0 aliphatic carbocycles. The number of carboxylic acid groups (broad SMARTS) is 1. The summed E-state index contributed by atoms with van der Waals surface area (Å²) in [5.74, 6) is -0.910. The molecule has 0 heterocycles. The quantitative estimate of drug-likeness (QED) is 0.675. The first kappa shape index (κ1) is 15.9. The molecule has 0 rings (SSSR count). The lowest BCUT2D eigenvalue weighted by Gasteiger charge is -2.07. The Morgan fingerprint density at radius 1 is 1.21 bits per heavy atom. The van der Waals surface area contributed by atoms with E-state index in [4.69, 9.17) is 10.8 Å². The highest BCUT2D eigenvalue weighted by Gasteiger charge is 2.14. The van der Waals surface area contributed by atoms with Gasteiger partial charge in [-0.1, -0.05) is 53.4 Å². The van der Waals surface area contributed by atoms with E-state index in [1.807, 2.05) is 0 Å². The molecule has 0 saturated carbocycles. The molecule has 1 atom stereocenters. The fraction of sp³-hybridized carbons (Fsp3) is 0.909. The first-order chi connectivity index (χ1) is 6.47. The Morgan fingerprint density at radius 2 is 1.57 bits per heavy atom. The Labute approximate surface area is 87.7 Å². The topological polar surface area (TPSA) is 63.3 Å². The summed E-state index contributed by atoms with van der Waals surface area (Å²) in [6.07, 6.45) is 5.54. The van der Waals surface area contributed by atoms with E-state index in [1.165, 1.54) is 25.7 Å². The van der Waals surface area contributed by atoms with Gasteiger partial charge in [-0.05, 0) is 5.92 Å². The molecular weight excluding hydrogens is 178 g/mol. The maximum Gasteiger partial charge on any atom is 0.320 e. The van der Waals surface area contributed by atoms with E-state index in [9.17, 15) is 4.79 Å². The van der Waals surface area contributed by atoms with E-state index < -0.39 is 12.0 Å². The van der Waals surface area contributed by atoms with Crippen molar-refractivity contribution in [2.75, 3.05) is 0 Å². The van der Waals surface area contributed by atoms with Crippen LogP contribution in [0.25, 0.3) is 0 Å². The smallest absolute Gasteiger partial charge is 0.320 e. The van der Waals surface area contributed by atoms with E-state index in [2.05, 4.69) is 13.8 Å². The highest BCUT2D eigenvalue weighted by Crippen LogP contribution is 1.96. The van der Waals surface area contributed by atoms with Crippen molar-refractivity contribution in [3.05, 3.63) is 0 Å². The second-order valence-corrected chi connectivity index (χ2v) is 3.82. The summed E-state index contributed by atoms with van der Waals surface area (Å²) >= 11 is 0. The van der Waals surface area contributed by atoms with Gasteiger partial charge in [0.1, 0.15) is 6.04 Å².